The van der Waals surface area contributed by atoms with Crippen molar-refractivity contribution in [3.8, 4) is 0 Å². The third-order valence-corrected chi connectivity index (χ3v) is 2.73. The number of hydrogen-bond donors (Lipinski definition) is 1. The van der Waals surface area contributed by atoms with Crippen LogP contribution in [0.4, 0.5) is 5.95 Å². The summed E-state index contributed by atoms with van der Waals surface area (Å²) in [5, 5.41) is 3.45. The molecule has 1 aromatic rings. The van der Waals surface area contributed by atoms with Crippen molar-refractivity contribution >= 4 is 5.95 Å². The Morgan fingerprint density at radius 2 is 2.05 bits per heavy atom. The first kappa shape index (κ1) is 15.6. The molecule has 0 saturated carbocycles. The fraction of sp³-hybridized carbons (Fsp3) is 0.600. The predicted octanol–water partition coefficient (Wildman–Crippen LogP) is 2.69. The second-order valence-electron chi connectivity index (χ2n) is 6.20. The van der Waals surface area contributed by atoms with Crippen LogP contribution in [-0.4, -0.2) is 29.1 Å². The minimum atomic E-state index is 0.0991. The van der Waals surface area contributed by atoms with Gasteiger partial charge in [-0.1, -0.05) is 12.2 Å². The Morgan fingerprint density at radius 3 is 2.53 bits per heavy atom. The fourth-order valence-electron chi connectivity index (χ4n) is 1.67. The van der Waals surface area contributed by atoms with E-state index in [-0.39, 0.29) is 5.54 Å². The molecule has 0 aromatic carbocycles. The maximum absolute atomic E-state index is 4.56. The lowest BCUT2D eigenvalue weighted by Gasteiger charge is -2.22. The molecule has 4 nitrogen and oxygen atoms in total. The third-order valence-electron chi connectivity index (χ3n) is 2.73. The van der Waals surface area contributed by atoms with Crippen LogP contribution in [0.3, 0.4) is 0 Å². The zero-order valence-corrected chi connectivity index (χ0v) is 13.0. The Hall–Kier alpha value is -1.42. The van der Waals surface area contributed by atoms with E-state index in [4.69, 9.17) is 0 Å². The maximum atomic E-state index is 4.56. The number of rotatable bonds is 5. The van der Waals surface area contributed by atoms with E-state index in [1.54, 1.807) is 0 Å². The second-order valence-corrected chi connectivity index (χ2v) is 6.20. The van der Waals surface area contributed by atoms with Crippen molar-refractivity contribution in [2.75, 3.05) is 18.5 Å². The number of nitrogens with one attached hydrogen (secondary N) is 1. The van der Waals surface area contributed by atoms with Crippen LogP contribution in [0.5, 0.6) is 0 Å². The maximum Gasteiger partial charge on any atom is 0.225 e. The molecule has 1 aromatic heterocycles. The van der Waals surface area contributed by atoms with Crippen molar-refractivity contribution in [3.05, 3.63) is 29.6 Å². The first-order valence-electron chi connectivity index (χ1n) is 6.62. The summed E-state index contributed by atoms with van der Waals surface area (Å²) in [5.74, 6) is 0.750. The molecule has 19 heavy (non-hydrogen) atoms. The molecule has 0 radical (unpaired) electrons. The number of nitrogens with zero attached hydrogens (tertiary/aromatic N) is 3. The largest absolute Gasteiger partial charge is 0.340 e. The predicted molar refractivity (Wildman–Crippen MR) is 81.4 cm³/mol. The SMILES string of the molecule is C=C(C)CN(C)c1ncc(CNC(C)(C)C)c(C)n1. The van der Waals surface area contributed by atoms with Crippen LogP contribution in [0, 0.1) is 6.92 Å². The molecule has 0 saturated heterocycles. The van der Waals surface area contributed by atoms with E-state index in [1.165, 1.54) is 0 Å². The van der Waals surface area contributed by atoms with Gasteiger partial charge in [-0.05, 0) is 34.6 Å². The zero-order valence-electron chi connectivity index (χ0n) is 13.0. The van der Waals surface area contributed by atoms with Gasteiger partial charge < -0.3 is 10.2 Å². The quantitative estimate of drug-likeness (QED) is 0.828. The molecule has 106 valence electrons. The van der Waals surface area contributed by atoms with E-state index in [0.29, 0.717) is 0 Å². The van der Waals surface area contributed by atoms with Crippen molar-refractivity contribution in [2.45, 2.75) is 46.7 Å². The minimum absolute atomic E-state index is 0.0991. The normalized spacial score (nSPS) is 11.5. The van der Waals surface area contributed by atoms with Crippen LogP contribution in [-0.2, 0) is 6.54 Å². The molecule has 0 bridgehead atoms. The molecular weight excluding hydrogens is 236 g/mol. The van der Waals surface area contributed by atoms with Crippen molar-refractivity contribution in [1.29, 1.82) is 0 Å². The summed E-state index contributed by atoms with van der Waals surface area (Å²) >= 11 is 0. The smallest absolute Gasteiger partial charge is 0.225 e. The van der Waals surface area contributed by atoms with E-state index in [2.05, 4.69) is 42.6 Å². The van der Waals surface area contributed by atoms with Gasteiger partial charge >= 0.3 is 0 Å². The molecule has 0 amide bonds. The van der Waals surface area contributed by atoms with Crippen LogP contribution in [0.1, 0.15) is 39.0 Å². The highest BCUT2D eigenvalue weighted by molar-refractivity contribution is 5.33. The molecule has 0 aliphatic heterocycles. The van der Waals surface area contributed by atoms with Gasteiger partial charge in [-0.15, -0.1) is 0 Å². The summed E-state index contributed by atoms with van der Waals surface area (Å²) < 4.78 is 0. The Morgan fingerprint density at radius 1 is 1.42 bits per heavy atom. The summed E-state index contributed by atoms with van der Waals surface area (Å²) in [7, 11) is 1.98. The van der Waals surface area contributed by atoms with Gasteiger partial charge in [0.2, 0.25) is 5.95 Å². The van der Waals surface area contributed by atoms with Gasteiger partial charge in [0.25, 0.3) is 0 Å². The van der Waals surface area contributed by atoms with Gasteiger partial charge in [-0.3, -0.25) is 0 Å². The van der Waals surface area contributed by atoms with Gasteiger partial charge in [0.05, 0.1) is 0 Å². The average molecular weight is 262 g/mol. The monoisotopic (exact) mass is 262 g/mol. The molecule has 0 unspecified atom stereocenters. The highest BCUT2D eigenvalue weighted by Crippen LogP contribution is 2.12. The standard InChI is InChI=1S/C15H26N4/c1-11(2)10-19(7)14-16-8-13(12(3)18-14)9-17-15(4,5)6/h8,17H,1,9-10H2,2-7H3. The number of likely N-dealkylation sites (N-methyl/N-ethyl adjacent to an activating group) is 1. The highest BCUT2D eigenvalue weighted by Gasteiger charge is 2.11. The van der Waals surface area contributed by atoms with Gasteiger partial charge in [-0.2, -0.15) is 0 Å². The van der Waals surface area contributed by atoms with Crippen molar-refractivity contribution in [2.24, 2.45) is 0 Å². The number of aryl methyl sites for hydroxylation is 1. The van der Waals surface area contributed by atoms with Crippen LogP contribution in [0.2, 0.25) is 0 Å². The first-order chi connectivity index (χ1) is 8.69. The molecule has 0 fully saturated rings. The van der Waals surface area contributed by atoms with Gasteiger partial charge in [-0.25, -0.2) is 9.97 Å². The summed E-state index contributed by atoms with van der Waals surface area (Å²) in [6, 6.07) is 0. The minimum Gasteiger partial charge on any atom is -0.340 e. The number of hydrogen-bond acceptors (Lipinski definition) is 4. The Balaban J connectivity index is 2.77. The number of anilines is 1. The van der Waals surface area contributed by atoms with E-state index >= 15 is 0 Å². The summed E-state index contributed by atoms with van der Waals surface area (Å²) in [6.45, 7) is 16.0. The van der Waals surface area contributed by atoms with Crippen LogP contribution in [0.15, 0.2) is 18.3 Å². The lowest BCUT2D eigenvalue weighted by atomic mass is 10.1. The molecule has 1 N–H and O–H groups in total. The van der Waals surface area contributed by atoms with Crippen LogP contribution in [0.25, 0.3) is 0 Å². The molecule has 0 aliphatic rings. The van der Waals surface area contributed by atoms with Crippen molar-refractivity contribution < 1.29 is 0 Å². The Bertz CT molecular complexity index is 446. The third kappa shape index (κ3) is 5.39. The summed E-state index contributed by atoms with van der Waals surface area (Å²) in [6.07, 6.45) is 1.91. The van der Waals surface area contributed by atoms with E-state index in [0.717, 1.165) is 35.9 Å². The summed E-state index contributed by atoms with van der Waals surface area (Å²) in [5.41, 5.74) is 3.36. The molecule has 0 aliphatic carbocycles. The summed E-state index contributed by atoms with van der Waals surface area (Å²) in [4.78, 5) is 11.0. The van der Waals surface area contributed by atoms with E-state index in [9.17, 15) is 0 Å². The first-order valence-corrected chi connectivity index (χ1v) is 6.62. The highest BCUT2D eigenvalue weighted by atomic mass is 15.2. The topological polar surface area (TPSA) is 41.1 Å². The van der Waals surface area contributed by atoms with Crippen LogP contribution < -0.4 is 10.2 Å². The molecule has 0 spiro atoms. The van der Waals surface area contributed by atoms with Gasteiger partial charge in [0.15, 0.2) is 0 Å². The van der Waals surface area contributed by atoms with Crippen molar-refractivity contribution in [1.82, 2.24) is 15.3 Å². The fourth-order valence-corrected chi connectivity index (χ4v) is 1.67. The van der Waals surface area contributed by atoms with E-state index in [1.807, 2.05) is 32.0 Å². The molecule has 4 heteroatoms. The molecule has 0 atom stereocenters. The molecule has 1 rings (SSSR count). The average Bonchev–Trinajstić information content (AvgIpc) is 2.25. The lowest BCUT2D eigenvalue weighted by Crippen LogP contribution is -2.35. The lowest BCUT2D eigenvalue weighted by molar-refractivity contribution is 0.423. The molecular formula is C15H26N4. The Kier molecular flexibility index (Phi) is 5.06. The van der Waals surface area contributed by atoms with Gasteiger partial charge in [0, 0.05) is 43.1 Å². The number of aromatic nitrogens is 2. The Labute approximate surface area is 117 Å². The second kappa shape index (κ2) is 6.15. The van der Waals surface area contributed by atoms with Gasteiger partial charge in [0.1, 0.15) is 0 Å². The zero-order chi connectivity index (χ0) is 14.6. The van der Waals surface area contributed by atoms with Crippen LogP contribution >= 0.6 is 0 Å². The van der Waals surface area contributed by atoms with Crippen molar-refractivity contribution in [3.63, 3.8) is 0 Å². The molecule has 1 heterocycles. The van der Waals surface area contributed by atoms with E-state index < -0.39 is 0 Å².